The molecule has 0 fully saturated rings. The van der Waals surface area contributed by atoms with Gasteiger partial charge in [-0.3, -0.25) is 0 Å². The van der Waals surface area contributed by atoms with E-state index in [-0.39, 0.29) is 0 Å². The lowest BCUT2D eigenvalue weighted by atomic mass is 9.97. The van der Waals surface area contributed by atoms with Crippen molar-refractivity contribution in [2.24, 2.45) is 5.92 Å². The molecule has 0 saturated carbocycles. The average Bonchev–Trinajstić information content (AvgIpc) is 2.31. The van der Waals surface area contributed by atoms with Gasteiger partial charge in [0.05, 0.1) is 0 Å². The highest BCUT2D eigenvalue weighted by atomic mass is 79.9. The Morgan fingerprint density at radius 3 is 2.50 bits per heavy atom. The molecule has 1 rings (SSSR count). The van der Waals surface area contributed by atoms with Gasteiger partial charge in [0, 0.05) is 23.5 Å². The minimum atomic E-state index is 0.705. The number of ether oxygens (including phenoxy) is 1. The van der Waals surface area contributed by atoms with Gasteiger partial charge in [-0.1, -0.05) is 44.0 Å². The van der Waals surface area contributed by atoms with Crippen LogP contribution < -0.4 is 0 Å². The molecule has 0 bridgehead atoms. The number of hydrogen-bond donors (Lipinski definition) is 0. The first kappa shape index (κ1) is 14.2. The molecule has 0 aliphatic heterocycles. The second-order valence-electron chi connectivity index (χ2n) is 3.99. The lowest BCUT2D eigenvalue weighted by molar-refractivity contribution is 0.188. The number of halogens is 2. The van der Waals surface area contributed by atoms with Gasteiger partial charge in [-0.15, -0.1) is 0 Å². The van der Waals surface area contributed by atoms with Crippen LogP contribution in [0, 0.1) is 5.92 Å². The van der Waals surface area contributed by atoms with Crippen molar-refractivity contribution in [2.45, 2.75) is 19.3 Å². The Labute approximate surface area is 115 Å². The van der Waals surface area contributed by atoms with Crippen LogP contribution in [0.3, 0.4) is 0 Å². The third-order valence-electron chi connectivity index (χ3n) is 2.62. The summed E-state index contributed by atoms with van der Waals surface area (Å²) in [4.78, 5) is 0. The zero-order valence-corrected chi connectivity index (χ0v) is 12.8. The van der Waals surface area contributed by atoms with Gasteiger partial charge in [-0.25, -0.2) is 0 Å². The van der Waals surface area contributed by atoms with E-state index in [1.165, 1.54) is 12.0 Å². The van der Waals surface area contributed by atoms with Crippen LogP contribution in [0.15, 0.2) is 28.7 Å². The van der Waals surface area contributed by atoms with E-state index in [2.05, 4.69) is 56.1 Å². The van der Waals surface area contributed by atoms with Gasteiger partial charge in [-0.2, -0.15) is 0 Å². The molecule has 16 heavy (non-hydrogen) atoms. The molecule has 0 radical (unpaired) electrons. The van der Waals surface area contributed by atoms with Crippen molar-refractivity contribution in [2.75, 3.05) is 19.0 Å². The van der Waals surface area contributed by atoms with Crippen molar-refractivity contribution in [3.05, 3.63) is 34.3 Å². The molecule has 0 aliphatic rings. The molecule has 0 amide bonds. The molecule has 0 aliphatic carbocycles. The van der Waals surface area contributed by atoms with Crippen LogP contribution >= 0.6 is 31.9 Å². The lowest BCUT2D eigenvalue weighted by Gasteiger charge is -2.13. The fraction of sp³-hybridized carbons (Fsp3) is 0.538. The van der Waals surface area contributed by atoms with Gasteiger partial charge in [-0.05, 0) is 42.9 Å². The minimum absolute atomic E-state index is 0.705. The molecular weight excluding hydrogens is 332 g/mol. The minimum Gasteiger partial charge on any atom is -0.385 e. The molecule has 0 heterocycles. The van der Waals surface area contributed by atoms with Crippen molar-refractivity contribution < 1.29 is 4.74 Å². The van der Waals surface area contributed by atoms with E-state index in [0.29, 0.717) is 5.92 Å². The largest absolute Gasteiger partial charge is 0.385 e. The van der Waals surface area contributed by atoms with Crippen molar-refractivity contribution in [3.63, 3.8) is 0 Å². The highest BCUT2D eigenvalue weighted by Gasteiger charge is 2.08. The fourth-order valence-corrected chi connectivity index (χ4v) is 2.52. The third kappa shape index (κ3) is 5.46. The summed E-state index contributed by atoms with van der Waals surface area (Å²) in [7, 11) is 1.76. The monoisotopic (exact) mass is 348 g/mol. The number of methoxy groups -OCH3 is 1. The van der Waals surface area contributed by atoms with Crippen LogP contribution in [0.5, 0.6) is 0 Å². The summed E-state index contributed by atoms with van der Waals surface area (Å²) in [6, 6.07) is 8.59. The van der Waals surface area contributed by atoms with Gasteiger partial charge in [0.25, 0.3) is 0 Å². The SMILES string of the molecule is COCCCC(CBr)Cc1ccc(Br)cc1. The summed E-state index contributed by atoms with van der Waals surface area (Å²) >= 11 is 7.04. The van der Waals surface area contributed by atoms with Gasteiger partial charge in [0.1, 0.15) is 0 Å². The molecule has 1 aromatic carbocycles. The molecule has 0 spiro atoms. The van der Waals surface area contributed by atoms with Crippen LogP contribution in [0.4, 0.5) is 0 Å². The Hall–Kier alpha value is 0.140. The Morgan fingerprint density at radius 1 is 1.25 bits per heavy atom. The van der Waals surface area contributed by atoms with Crippen LogP contribution in [0.25, 0.3) is 0 Å². The van der Waals surface area contributed by atoms with Crippen LogP contribution in [0.1, 0.15) is 18.4 Å². The van der Waals surface area contributed by atoms with E-state index >= 15 is 0 Å². The second-order valence-corrected chi connectivity index (χ2v) is 5.55. The summed E-state index contributed by atoms with van der Waals surface area (Å²) in [5, 5.41) is 1.06. The van der Waals surface area contributed by atoms with Crippen LogP contribution in [-0.2, 0) is 11.2 Å². The highest BCUT2D eigenvalue weighted by Crippen LogP contribution is 2.18. The predicted octanol–water partition coefficient (Wildman–Crippen LogP) is 4.43. The highest BCUT2D eigenvalue weighted by molar-refractivity contribution is 9.10. The number of benzene rings is 1. The third-order valence-corrected chi connectivity index (χ3v) is 4.06. The lowest BCUT2D eigenvalue weighted by Crippen LogP contribution is -2.07. The molecule has 1 unspecified atom stereocenters. The van der Waals surface area contributed by atoms with Gasteiger partial charge in [0.15, 0.2) is 0 Å². The van der Waals surface area contributed by atoms with Crippen molar-refractivity contribution in [1.82, 2.24) is 0 Å². The summed E-state index contributed by atoms with van der Waals surface area (Å²) < 4.78 is 6.23. The number of alkyl halides is 1. The first-order valence-corrected chi connectivity index (χ1v) is 7.47. The molecule has 0 saturated heterocycles. The molecule has 0 N–H and O–H groups in total. The van der Waals surface area contributed by atoms with E-state index in [9.17, 15) is 0 Å². The summed E-state index contributed by atoms with van der Waals surface area (Å²) in [6.45, 7) is 0.865. The maximum atomic E-state index is 5.08. The number of hydrogen-bond acceptors (Lipinski definition) is 1. The fourth-order valence-electron chi connectivity index (χ4n) is 1.70. The zero-order valence-electron chi connectivity index (χ0n) is 9.59. The molecular formula is C13H18Br2O. The van der Waals surface area contributed by atoms with Crippen LogP contribution in [-0.4, -0.2) is 19.0 Å². The summed E-state index contributed by atoms with van der Waals surface area (Å²) in [5.41, 5.74) is 1.41. The van der Waals surface area contributed by atoms with Crippen molar-refractivity contribution in [3.8, 4) is 0 Å². The Kier molecular flexibility index (Phi) is 7.33. The molecule has 90 valence electrons. The van der Waals surface area contributed by atoms with Crippen LogP contribution in [0.2, 0.25) is 0 Å². The Morgan fingerprint density at radius 2 is 1.94 bits per heavy atom. The maximum Gasteiger partial charge on any atom is 0.0462 e. The van der Waals surface area contributed by atoms with E-state index in [0.717, 1.165) is 29.3 Å². The smallest absolute Gasteiger partial charge is 0.0462 e. The normalized spacial score (nSPS) is 12.7. The summed E-state index contributed by atoms with van der Waals surface area (Å²) in [5.74, 6) is 0.705. The van der Waals surface area contributed by atoms with E-state index < -0.39 is 0 Å². The summed E-state index contributed by atoms with van der Waals surface area (Å²) in [6.07, 6.45) is 3.50. The molecule has 0 aromatic heterocycles. The first-order valence-electron chi connectivity index (χ1n) is 5.55. The van der Waals surface area contributed by atoms with E-state index in [1.54, 1.807) is 7.11 Å². The van der Waals surface area contributed by atoms with E-state index in [1.807, 2.05) is 0 Å². The van der Waals surface area contributed by atoms with Gasteiger partial charge >= 0.3 is 0 Å². The number of rotatable bonds is 7. The molecule has 1 aromatic rings. The quantitative estimate of drug-likeness (QED) is 0.522. The Bertz CT molecular complexity index is 284. The van der Waals surface area contributed by atoms with Crippen molar-refractivity contribution >= 4 is 31.9 Å². The molecule has 1 nitrogen and oxygen atoms in total. The molecule has 3 heteroatoms. The predicted molar refractivity (Wildman–Crippen MR) is 76.2 cm³/mol. The zero-order chi connectivity index (χ0) is 11.8. The maximum absolute atomic E-state index is 5.08. The average molecular weight is 350 g/mol. The van der Waals surface area contributed by atoms with Gasteiger partial charge < -0.3 is 4.74 Å². The van der Waals surface area contributed by atoms with Crippen molar-refractivity contribution in [1.29, 1.82) is 0 Å². The second kappa shape index (κ2) is 8.26. The Balaban J connectivity index is 2.40. The first-order chi connectivity index (χ1) is 7.76. The topological polar surface area (TPSA) is 9.23 Å². The molecule has 1 atom stereocenters. The van der Waals surface area contributed by atoms with E-state index in [4.69, 9.17) is 4.74 Å². The standard InChI is InChI=1S/C13H18Br2O/c1-16-8-2-3-12(10-14)9-11-4-6-13(15)7-5-11/h4-7,12H,2-3,8-10H2,1H3. The van der Waals surface area contributed by atoms with Gasteiger partial charge in [0.2, 0.25) is 0 Å².